The third kappa shape index (κ3) is 3.96. The Bertz CT molecular complexity index is 1680. The largest absolute Gasteiger partial charge is 0.508 e. The van der Waals surface area contributed by atoms with Crippen LogP contribution >= 0.6 is 0 Å². The van der Waals surface area contributed by atoms with Gasteiger partial charge in [0.1, 0.15) is 17.1 Å². The molecule has 180 valence electrons. The van der Waals surface area contributed by atoms with Crippen molar-refractivity contribution in [3.05, 3.63) is 88.1 Å². The molecule has 1 aliphatic carbocycles. The minimum Gasteiger partial charge on any atom is -0.508 e. The van der Waals surface area contributed by atoms with Gasteiger partial charge in [-0.25, -0.2) is 9.59 Å². The van der Waals surface area contributed by atoms with Gasteiger partial charge < -0.3 is 29.7 Å². The highest BCUT2D eigenvalue weighted by atomic mass is 16.7. The highest BCUT2D eigenvalue weighted by Gasteiger charge is 2.23. The van der Waals surface area contributed by atoms with Crippen molar-refractivity contribution in [2.75, 3.05) is 0 Å². The molecule has 10 nitrogen and oxygen atoms in total. The van der Waals surface area contributed by atoms with Crippen LogP contribution in [-0.2, 0) is 11.2 Å². The van der Waals surface area contributed by atoms with Crippen LogP contribution in [0.2, 0.25) is 0 Å². The van der Waals surface area contributed by atoms with Crippen molar-refractivity contribution in [3.8, 4) is 40.0 Å². The van der Waals surface area contributed by atoms with E-state index in [9.17, 15) is 34.8 Å². The molecule has 0 fully saturated rings. The summed E-state index contributed by atoms with van der Waals surface area (Å²) in [6.07, 6.45) is -0.317. The topological polar surface area (TPSA) is 159 Å². The van der Waals surface area contributed by atoms with E-state index in [1.165, 1.54) is 48.5 Å². The van der Waals surface area contributed by atoms with Crippen LogP contribution in [0.5, 0.6) is 17.5 Å². The third-order valence-electron chi connectivity index (χ3n) is 5.60. The van der Waals surface area contributed by atoms with Gasteiger partial charge in [0.2, 0.25) is 11.8 Å². The van der Waals surface area contributed by atoms with Crippen LogP contribution < -0.4 is 10.3 Å². The molecule has 0 radical (unpaired) electrons. The Kier molecular flexibility index (Phi) is 5.33. The Hall–Kier alpha value is -5.25. The number of fused-ring (bicyclic) bond motifs is 2. The second kappa shape index (κ2) is 8.51. The standard InChI is InChI=1S/C26H17NO9/c28-14-2-5-17-20(11-14)35-21-12-15(29)3-6-18(21)25(17)19-9-13(1-4-16(19)26(33)34)10-24(32)36-27-22(30)7-8-23(27)31/h1-9,11-12,28,30-31H,10H2,(H,33,34). The van der Waals surface area contributed by atoms with Crippen molar-refractivity contribution in [2.24, 2.45) is 0 Å². The Morgan fingerprint density at radius 1 is 0.861 bits per heavy atom. The second-order valence-corrected chi connectivity index (χ2v) is 7.98. The fourth-order valence-electron chi connectivity index (χ4n) is 4.04. The maximum atomic E-state index is 12.5. The van der Waals surface area contributed by atoms with Gasteiger partial charge in [-0.1, -0.05) is 6.07 Å². The molecule has 0 saturated heterocycles. The monoisotopic (exact) mass is 487 g/mol. The SMILES string of the molecule is O=C(Cc1ccc(C(=O)O)c(-c2c3ccc(=O)cc-3oc3cc(O)ccc23)c1)On1c(O)ccc1O. The summed E-state index contributed by atoms with van der Waals surface area (Å²) < 4.78 is 6.37. The molecule has 3 aromatic rings. The maximum absolute atomic E-state index is 12.5. The zero-order valence-corrected chi connectivity index (χ0v) is 18.3. The van der Waals surface area contributed by atoms with Gasteiger partial charge in [-0.3, -0.25) is 4.79 Å². The van der Waals surface area contributed by atoms with Gasteiger partial charge in [-0.15, -0.1) is 4.73 Å². The number of benzene rings is 3. The number of rotatable bonds is 5. The molecular formula is C26H17NO9. The maximum Gasteiger partial charge on any atom is 0.337 e. The number of carbonyl (C=O) groups excluding carboxylic acids is 1. The molecule has 0 unspecified atom stereocenters. The van der Waals surface area contributed by atoms with E-state index in [1.807, 2.05) is 0 Å². The number of aromatic carboxylic acids is 1. The highest BCUT2D eigenvalue weighted by molar-refractivity contribution is 6.07. The highest BCUT2D eigenvalue weighted by Crippen LogP contribution is 2.42. The number of aromatic hydroxyl groups is 3. The molecule has 0 saturated carbocycles. The van der Waals surface area contributed by atoms with Gasteiger partial charge in [0.15, 0.2) is 5.43 Å². The van der Waals surface area contributed by atoms with Crippen molar-refractivity contribution in [1.82, 2.24) is 4.73 Å². The van der Waals surface area contributed by atoms with Crippen LogP contribution in [0.1, 0.15) is 15.9 Å². The lowest BCUT2D eigenvalue weighted by atomic mass is 9.89. The number of nitrogens with zero attached hydrogens (tertiary/aromatic N) is 1. The van der Waals surface area contributed by atoms with Gasteiger partial charge in [-0.2, -0.15) is 0 Å². The first-order valence-electron chi connectivity index (χ1n) is 10.6. The number of carboxylic acid groups (broad SMARTS) is 1. The zero-order chi connectivity index (χ0) is 25.6. The second-order valence-electron chi connectivity index (χ2n) is 7.98. The number of hydrogen-bond acceptors (Lipinski definition) is 8. The van der Waals surface area contributed by atoms with Gasteiger partial charge in [0.05, 0.1) is 12.0 Å². The van der Waals surface area contributed by atoms with Crippen molar-refractivity contribution in [3.63, 3.8) is 0 Å². The fraction of sp³-hybridized carbons (Fsp3) is 0.0385. The van der Waals surface area contributed by atoms with Gasteiger partial charge >= 0.3 is 11.9 Å². The van der Waals surface area contributed by atoms with Crippen molar-refractivity contribution < 1.29 is 39.3 Å². The third-order valence-corrected chi connectivity index (χ3v) is 5.60. The van der Waals surface area contributed by atoms with Crippen LogP contribution in [-0.4, -0.2) is 37.1 Å². The number of phenols is 1. The number of hydrogen-bond donors (Lipinski definition) is 4. The summed E-state index contributed by atoms with van der Waals surface area (Å²) in [5.41, 5.74) is 1.35. The molecule has 0 amide bonds. The molecular weight excluding hydrogens is 470 g/mol. The number of carboxylic acids is 1. The molecule has 0 atom stereocenters. The first-order chi connectivity index (χ1) is 17.2. The molecule has 1 aliphatic heterocycles. The van der Waals surface area contributed by atoms with E-state index in [4.69, 9.17) is 9.25 Å². The van der Waals surface area contributed by atoms with E-state index in [0.717, 1.165) is 12.1 Å². The van der Waals surface area contributed by atoms with Crippen LogP contribution in [0.15, 0.2) is 75.9 Å². The van der Waals surface area contributed by atoms with E-state index in [0.29, 0.717) is 26.8 Å². The lowest BCUT2D eigenvalue weighted by molar-refractivity contribution is -0.144. The summed E-state index contributed by atoms with van der Waals surface area (Å²) in [6, 6.07) is 15.0. The molecule has 5 rings (SSSR count). The molecule has 4 N–H and O–H groups in total. The van der Waals surface area contributed by atoms with Gasteiger partial charge in [0, 0.05) is 40.8 Å². The summed E-state index contributed by atoms with van der Waals surface area (Å²) in [6.45, 7) is 0. The molecule has 0 spiro atoms. The molecule has 10 heteroatoms. The van der Waals surface area contributed by atoms with E-state index < -0.39 is 23.7 Å². The van der Waals surface area contributed by atoms with Gasteiger partial charge in [0.25, 0.3) is 0 Å². The average molecular weight is 487 g/mol. The van der Waals surface area contributed by atoms with Crippen molar-refractivity contribution in [1.29, 1.82) is 0 Å². The lowest BCUT2D eigenvalue weighted by Gasteiger charge is -2.17. The zero-order valence-electron chi connectivity index (χ0n) is 18.3. The number of carbonyl (C=O) groups is 2. The van der Waals surface area contributed by atoms with Crippen LogP contribution in [0.4, 0.5) is 0 Å². The lowest BCUT2D eigenvalue weighted by Crippen LogP contribution is -2.21. The molecule has 2 aromatic carbocycles. The van der Waals surface area contributed by atoms with Gasteiger partial charge in [-0.05, 0) is 47.5 Å². The first-order valence-corrected chi connectivity index (χ1v) is 10.6. The Labute approximate surface area is 201 Å². The average Bonchev–Trinajstić information content (AvgIpc) is 3.14. The van der Waals surface area contributed by atoms with E-state index in [-0.39, 0.29) is 40.1 Å². The minimum atomic E-state index is -1.22. The molecule has 2 heterocycles. The molecule has 2 aliphatic rings. The predicted octanol–water partition coefficient (Wildman–Crippen LogP) is 3.38. The Balaban J connectivity index is 1.67. The first kappa shape index (κ1) is 22.5. The minimum absolute atomic E-state index is 0.0686. The summed E-state index contributed by atoms with van der Waals surface area (Å²) >= 11 is 0. The quantitative estimate of drug-likeness (QED) is 0.273. The smallest absolute Gasteiger partial charge is 0.337 e. The Morgan fingerprint density at radius 3 is 2.33 bits per heavy atom. The fourth-order valence-corrected chi connectivity index (χ4v) is 4.04. The Morgan fingerprint density at radius 2 is 1.61 bits per heavy atom. The summed E-state index contributed by atoms with van der Waals surface area (Å²) in [4.78, 5) is 41.6. The van der Waals surface area contributed by atoms with Crippen LogP contribution in [0.25, 0.3) is 33.4 Å². The van der Waals surface area contributed by atoms with Crippen LogP contribution in [0, 0.1) is 0 Å². The number of aromatic nitrogens is 1. The van der Waals surface area contributed by atoms with E-state index in [1.54, 1.807) is 6.07 Å². The van der Waals surface area contributed by atoms with E-state index >= 15 is 0 Å². The summed E-state index contributed by atoms with van der Waals surface area (Å²) in [5.74, 6) is -2.90. The van der Waals surface area contributed by atoms with E-state index in [2.05, 4.69) is 0 Å². The molecule has 36 heavy (non-hydrogen) atoms. The normalized spacial score (nSPS) is 11.1. The summed E-state index contributed by atoms with van der Waals surface area (Å²) in [7, 11) is 0. The molecule has 1 aromatic heterocycles. The number of phenolic OH excluding ortho intramolecular Hbond substituents is 1. The van der Waals surface area contributed by atoms with Crippen LogP contribution in [0.3, 0.4) is 0 Å². The molecule has 0 bridgehead atoms. The summed E-state index contributed by atoms with van der Waals surface area (Å²) in [5, 5.41) is 39.7. The van der Waals surface area contributed by atoms with Crippen molar-refractivity contribution in [2.45, 2.75) is 6.42 Å². The van der Waals surface area contributed by atoms with Crippen molar-refractivity contribution >= 4 is 22.9 Å². The predicted molar refractivity (Wildman–Crippen MR) is 126 cm³/mol.